The third-order valence-electron chi connectivity index (χ3n) is 8.63. The molecule has 0 N–H and O–H groups in total. The molecule has 0 spiro atoms. The summed E-state index contributed by atoms with van der Waals surface area (Å²) in [6.07, 6.45) is 0. The van der Waals surface area contributed by atoms with E-state index in [2.05, 4.69) is 42.5 Å². The van der Waals surface area contributed by atoms with Gasteiger partial charge in [-0.2, -0.15) is 0 Å². The highest BCUT2D eigenvalue weighted by molar-refractivity contribution is 7.26. The molecule has 9 rings (SSSR count). The van der Waals surface area contributed by atoms with Gasteiger partial charge in [0.15, 0.2) is 17.5 Å². The van der Waals surface area contributed by atoms with Gasteiger partial charge in [0.1, 0.15) is 0 Å². The van der Waals surface area contributed by atoms with Crippen molar-refractivity contribution in [3.05, 3.63) is 176 Å². The lowest BCUT2D eigenvalue weighted by molar-refractivity contribution is 1.07. The van der Waals surface area contributed by atoms with Crippen molar-refractivity contribution in [1.29, 1.82) is 0 Å². The summed E-state index contributed by atoms with van der Waals surface area (Å²) in [5.74, 6) is 1.65. The monoisotopic (exact) mass is 648 g/mol. The Labute approximate surface area is 295 Å². The first-order valence-corrected chi connectivity index (χ1v) is 16.8. The van der Waals surface area contributed by atoms with Gasteiger partial charge in [-0.3, -0.25) is 0 Å². The molecule has 0 bridgehead atoms. The summed E-state index contributed by atoms with van der Waals surface area (Å²) in [7, 11) is 0. The minimum atomic E-state index is -0.413. The van der Waals surface area contributed by atoms with Crippen LogP contribution >= 0.6 is 11.3 Å². The van der Waals surface area contributed by atoms with Gasteiger partial charge in [-0.15, -0.1) is 11.3 Å². The van der Waals surface area contributed by atoms with E-state index in [-0.39, 0.29) is 29.7 Å². The molecule has 3 nitrogen and oxygen atoms in total. The van der Waals surface area contributed by atoms with E-state index >= 15 is 0 Å². The van der Waals surface area contributed by atoms with Crippen molar-refractivity contribution in [2.45, 2.75) is 0 Å². The van der Waals surface area contributed by atoms with E-state index in [1.54, 1.807) is 0 Å². The summed E-state index contributed by atoms with van der Waals surface area (Å²) in [4.78, 5) is 14.9. The fourth-order valence-corrected chi connectivity index (χ4v) is 7.42. The first kappa shape index (κ1) is 24.0. The molecule has 0 saturated heterocycles. The molecule has 0 aliphatic carbocycles. The summed E-state index contributed by atoms with van der Waals surface area (Å²) in [6.45, 7) is 0. The molecule has 230 valence electrons. The van der Waals surface area contributed by atoms with E-state index < -0.39 is 6.04 Å². The van der Waals surface area contributed by atoms with E-state index in [1.165, 1.54) is 11.3 Å². The standard InChI is InChI=1S/C45H29N3S/c1-5-13-30(14-6-1)32-21-23-35(24-22-32)44-46-43(34-19-11-4-12-20-34)47-45(48-44)36-25-26-38-40-28-37(31-15-7-2-8-16-31)27-39(33-17-9-3-10-18-33)42(40)49-41(38)29-36/h1-29H/i3D,9D,10D,17D,18D. The smallest absolute Gasteiger partial charge is 0.164 e. The lowest BCUT2D eigenvalue weighted by Gasteiger charge is -2.09. The van der Waals surface area contributed by atoms with Crippen molar-refractivity contribution >= 4 is 31.5 Å². The van der Waals surface area contributed by atoms with E-state index in [0.717, 1.165) is 59.1 Å². The van der Waals surface area contributed by atoms with Crippen LogP contribution in [-0.2, 0) is 0 Å². The molecular formula is C45H29N3S. The van der Waals surface area contributed by atoms with Gasteiger partial charge >= 0.3 is 0 Å². The predicted octanol–water partition coefficient (Wildman–Crippen LogP) is 12.2. The maximum Gasteiger partial charge on any atom is 0.164 e. The molecule has 0 unspecified atom stereocenters. The van der Waals surface area contributed by atoms with Crippen molar-refractivity contribution in [3.63, 3.8) is 0 Å². The molecule has 0 saturated carbocycles. The van der Waals surface area contributed by atoms with Crippen molar-refractivity contribution < 1.29 is 6.85 Å². The largest absolute Gasteiger partial charge is 0.208 e. The molecule has 2 heterocycles. The fourth-order valence-electron chi connectivity index (χ4n) is 6.18. The van der Waals surface area contributed by atoms with Gasteiger partial charge in [0.05, 0.1) is 6.85 Å². The van der Waals surface area contributed by atoms with Crippen LogP contribution in [-0.4, -0.2) is 15.0 Å². The zero-order valence-corrected chi connectivity index (χ0v) is 26.9. The van der Waals surface area contributed by atoms with Gasteiger partial charge in [-0.25, -0.2) is 15.0 Å². The molecule has 7 aromatic carbocycles. The van der Waals surface area contributed by atoms with Crippen LogP contribution in [0.15, 0.2) is 176 Å². The second kappa shape index (κ2) is 12.4. The molecule has 0 radical (unpaired) electrons. The van der Waals surface area contributed by atoms with Crippen LogP contribution in [0.3, 0.4) is 0 Å². The molecule has 0 fully saturated rings. The van der Waals surface area contributed by atoms with E-state index in [9.17, 15) is 0 Å². The lowest BCUT2D eigenvalue weighted by atomic mass is 9.96. The number of rotatable bonds is 6. The predicted molar refractivity (Wildman–Crippen MR) is 205 cm³/mol. The van der Waals surface area contributed by atoms with Crippen LogP contribution < -0.4 is 0 Å². The van der Waals surface area contributed by atoms with E-state index in [1.807, 2.05) is 103 Å². The molecular weight excluding hydrogens is 615 g/mol. The van der Waals surface area contributed by atoms with Crippen LogP contribution in [0.5, 0.6) is 0 Å². The summed E-state index contributed by atoms with van der Waals surface area (Å²) in [6, 6.07) is 46.9. The Morgan fingerprint density at radius 2 is 0.878 bits per heavy atom. The van der Waals surface area contributed by atoms with Crippen LogP contribution in [0.4, 0.5) is 0 Å². The van der Waals surface area contributed by atoms with E-state index in [4.69, 9.17) is 21.8 Å². The third kappa shape index (κ3) is 5.58. The number of fused-ring (bicyclic) bond motifs is 3. The number of thiophene rings is 1. The van der Waals surface area contributed by atoms with Crippen molar-refractivity contribution in [2.24, 2.45) is 0 Å². The maximum atomic E-state index is 8.85. The normalized spacial score (nSPS) is 12.7. The summed E-state index contributed by atoms with van der Waals surface area (Å²) < 4.78 is 44.6. The zero-order chi connectivity index (χ0) is 36.9. The van der Waals surface area contributed by atoms with Crippen molar-refractivity contribution in [1.82, 2.24) is 15.0 Å². The molecule has 9 aromatic rings. The highest BCUT2D eigenvalue weighted by Gasteiger charge is 2.17. The minimum absolute atomic E-state index is 0.184. The van der Waals surface area contributed by atoms with Gasteiger partial charge in [0.2, 0.25) is 0 Å². The molecule has 0 atom stereocenters. The Hall–Kier alpha value is -6.23. The van der Waals surface area contributed by atoms with Crippen LogP contribution in [0, 0.1) is 0 Å². The number of aromatic nitrogens is 3. The van der Waals surface area contributed by atoms with Crippen LogP contribution in [0.1, 0.15) is 6.85 Å². The molecule has 0 aliphatic rings. The fraction of sp³-hybridized carbons (Fsp3) is 0. The molecule has 49 heavy (non-hydrogen) atoms. The van der Waals surface area contributed by atoms with Crippen molar-refractivity contribution in [2.75, 3.05) is 0 Å². The first-order chi connectivity index (χ1) is 26.3. The molecule has 0 aliphatic heterocycles. The van der Waals surface area contributed by atoms with Gasteiger partial charge in [0, 0.05) is 42.4 Å². The number of benzene rings is 7. The highest BCUT2D eigenvalue weighted by Crippen LogP contribution is 2.43. The SMILES string of the molecule is [2H]c1c([2H])c([2H])c(-c2cc(-c3ccccc3)cc3c2sc2cc(-c4nc(-c5ccccc5)nc(-c5ccc(-c6ccccc6)cc5)n4)ccc23)c([2H])c1[2H]. The Morgan fingerprint density at radius 1 is 0.388 bits per heavy atom. The minimum Gasteiger partial charge on any atom is -0.208 e. The summed E-state index contributed by atoms with van der Waals surface area (Å²) in [5.41, 5.74) is 7.43. The average Bonchev–Trinajstić information content (AvgIpc) is 3.61. The quantitative estimate of drug-likeness (QED) is 0.180. The second-order valence-electron chi connectivity index (χ2n) is 11.7. The number of hydrogen-bond acceptors (Lipinski definition) is 4. The summed E-state index contributed by atoms with van der Waals surface area (Å²) >= 11 is 1.52. The van der Waals surface area contributed by atoms with Gasteiger partial charge < -0.3 is 0 Å². The van der Waals surface area contributed by atoms with Gasteiger partial charge in [-0.05, 0) is 46.0 Å². The van der Waals surface area contributed by atoms with Gasteiger partial charge in [0.25, 0.3) is 0 Å². The molecule has 0 amide bonds. The Balaban J connectivity index is 1.23. The van der Waals surface area contributed by atoms with Gasteiger partial charge in [-0.1, -0.05) is 158 Å². The first-order valence-electron chi connectivity index (χ1n) is 18.4. The molecule has 2 aromatic heterocycles. The topological polar surface area (TPSA) is 38.7 Å². The van der Waals surface area contributed by atoms with Crippen molar-refractivity contribution in [3.8, 4) is 67.5 Å². The maximum absolute atomic E-state index is 8.85. The zero-order valence-electron chi connectivity index (χ0n) is 31.1. The third-order valence-corrected chi connectivity index (χ3v) is 9.83. The Kier molecular flexibility index (Phi) is 6.08. The molecule has 4 heteroatoms. The highest BCUT2D eigenvalue weighted by atomic mass is 32.1. The Bertz CT molecular complexity index is 2830. The lowest BCUT2D eigenvalue weighted by Crippen LogP contribution is -2.00. The summed E-state index contributed by atoms with van der Waals surface area (Å²) in [5, 5.41) is 1.92. The number of nitrogens with zero attached hydrogens (tertiary/aromatic N) is 3. The van der Waals surface area contributed by atoms with Crippen LogP contribution in [0.2, 0.25) is 0 Å². The number of hydrogen-bond donors (Lipinski definition) is 0. The van der Waals surface area contributed by atoms with Crippen LogP contribution in [0.25, 0.3) is 87.7 Å². The second-order valence-corrected chi connectivity index (χ2v) is 12.7. The van der Waals surface area contributed by atoms with E-state index in [0.29, 0.717) is 23.0 Å². The Morgan fingerprint density at radius 3 is 1.51 bits per heavy atom. The average molecular weight is 649 g/mol.